The van der Waals surface area contributed by atoms with E-state index in [1.54, 1.807) is 0 Å². The van der Waals surface area contributed by atoms with E-state index in [0.717, 1.165) is 25.8 Å². The van der Waals surface area contributed by atoms with Crippen molar-refractivity contribution in [3.63, 3.8) is 0 Å². The Labute approximate surface area is 92.5 Å². The van der Waals surface area contributed by atoms with E-state index >= 15 is 0 Å². The Morgan fingerprint density at radius 3 is 2.60 bits per heavy atom. The first-order valence-corrected chi connectivity index (χ1v) is 5.97. The number of hydrogen-bond donors (Lipinski definition) is 2. The number of aliphatic hydroxyl groups excluding tert-OH is 1. The first kappa shape index (κ1) is 12.5. The molecule has 15 heavy (non-hydrogen) atoms. The Balaban J connectivity index is 2.36. The molecule has 0 saturated heterocycles. The summed E-state index contributed by atoms with van der Waals surface area (Å²) < 4.78 is 0. The number of aliphatic hydroxyl groups is 1. The molecule has 1 fully saturated rings. The van der Waals surface area contributed by atoms with E-state index in [9.17, 15) is 5.11 Å². The molecule has 0 aromatic rings. The van der Waals surface area contributed by atoms with Gasteiger partial charge in [-0.25, -0.2) is 0 Å². The predicted octanol–water partition coefficient (Wildman–Crippen LogP) is 1.82. The lowest BCUT2D eigenvalue weighted by molar-refractivity contribution is 0.124. The summed E-state index contributed by atoms with van der Waals surface area (Å²) in [6.45, 7) is 3.24. The lowest BCUT2D eigenvalue weighted by Crippen LogP contribution is -2.40. The summed E-state index contributed by atoms with van der Waals surface area (Å²) in [6, 6.07) is 2.49. The molecule has 1 aliphatic rings. The van der Waals surface area contributed by atoms with Crippen LogP contribution in [0.15, 0.2) is 0 Å². The Hall–Kier alpha value is -0.590. The van der Waals surface area contributed by atoms with Gasteiger partial charge in [0.05, 0.1) is 12.5 Å². The van der Waals surface area contributed by atoms with Crippen LogP contribution in [0.4, 0.5) is 0 Å². The largest absolute Gasteiger partial charge is 0.396 e. The zero-order valence-electron chi connectivity index (χ0n) is 9.63. The molecule has 1 rings (SSSR count). The van der Waals surface area contributed by atoms with Gasteiger partial charge in [-0.1, -0.05) is 19.8 Å². The molecule has 3 nitrogen and oxygen atoms in total. The molecule has 0 radical (unpaired) electrons. The molecular weight excluding hydrogens is 188 g/mol. The fourth-order valence-electron chi connectivity index (χ4n) is 2.35. The van der Waals surface area contributed by atoms with E-state index in [1.807, 2.05) is 0 Å². The number of nitrogens with zero attached hydrogens (tertiary/aromatic N) is 1. The normalized spacial score (nSPS) is 21.1. The zero-order valence-corrected chi connectivity index (χ0v) is 9.63. The Morgan fingerprint density at radius 1 is 1.47 bits per heavy atom. The summed E-state index contributed by atoms with van der Waals surface area (Å²) in [5, 5.41) is 21.5. The maximum atomic E-state index is 9.43. The smallest absolute Gasteiger partial charge is 0.0638 e. The van der Waals surface area contributed by atoms with Gasteiger partial charge < -0.3 is 10.4 Å². The first-order chi connectivity index (χ1) is 7.26. The second-order valence-corrected chi connectivity index (χ2v) is 4.71. The summed E-state index contributed by atoms with van der Waals surface area (Å²) in [5.41, 5.74) is 0.100. The van der Waals surface area contributed by atoms with Crippen LogP contribution in [-0.2, 0) is 0 Å². The average Bonchev–Trinajstić information content (AvgIpc) is 2.73. The summed E-state index contributed by atoms with van der Waals surface area (Å²) in [7, 11) is 0. The van der Waals surface area contributed by atoms with E-state index in [-0.39, 0.29) is 12.0 Å². The highest BCUT2D eigenvalue weighted by Gasteiger charge is 2.33. The third-order valence-electron chi connectivity index (χ3n) is 3.60. The Bertz CT molecular complexity index is 216. The van der Waals surface area contributed by atoms with Gasteiger partial charge in [0.1, 0.15) is 0 Å². The molecule has 2 N–H and O–H groups in total. The van der Waals surface area contributed by atoms with Crippen LogP contribution < -0.4 is 5.32 Å². The van der Waals surface area contributed by atoms with Gasteiger partial charge in [0, 0.05) is 24.6 Å². The third kappa shape index (κ3) is 3.48. The summed E-state index contributed by atoms with van der Waals surface area (Å²) >= 11 is 0. The van der Waals surface area contributed by atoms with Crippen molar-refractivity contribution in [2.75, 3.05) is 13.2 Å². The average molecular weight is 210 g/mol. The maximum absolute atomic E-state index is 9.43. The third-order valence-corrected chi connectivity index (χ3v) is 3.60. The molecule has 86 valence electrons. The maximum Gasteiger partial charge on any atom is 0.0638 e. The summed E-state index contributed by atoms with van der Waals surface area (Å²) in [4.78, 5) is 0. The molecule has 0 amide bonds. The molecular formula is C12H22N2O. The van der Waals surface area contributed by atoms with Crippen LogP contribution in [0.25, 0.3) is 0 Å². The molecule has 0 aromatic heterocycles. The van der Waals surface area contributed by atoms with Gasteiger partial charge in [-0.3, -0.25) is 0 Å². The molecule has 1 atom stereocenters. The topological polar surface area (TPSA) is 56.0 Å². The zero-order chi connectivity index (χ0) is 11.1. The highest BCUT2D eigenvalue weighted by atomic mass is 16.3. The van der Waals surface area contributed by atoms with Crippen LogP contribution in [0.3, 0.4) is 0 Å². The van der Waals surface area contributed by atoms with Gasteiger partial charge in [0.25, 0.3) is 0 Å². The van der Waals surface area contributed by atoms with Crippen LogP contribution >= 0.6 is 0 Å². The molecule has 1 unspecified atom stereocenters. The highest BCUT2D eigenvalue weighted by molar-refractivity contribution is 4.88. The Kier molecular flexibility index (Phi) is 5.07. The fraction of sp³-hybridized carbons (Fsp3) is 0.917. The van der Waals surface area contributed by atoms with Gasteiger partial charge in [-0.05, 0) is 19.3 Å². The van der Waals surface area contributed by atoms with Crippen molar-refractivity contribution in [2.45, 2.75) is 51.5 Å². The van der Waals surface area contributed by atoms with Crippen molar-refractivity contribution in [3.8, 4) is 6.07 Å². The van der Waals surface area contributed by atoms with Gasteiger partial charge in [0.15, 0.2) is 0 Å². The SMILES string of the molecule is CCC(CC#N)NCC1(CO)CCCC1. The van der Waals surface area contributed by atoms with Crippen LogP contribution in [0.2, 0.25) is 0 Å². The number of nitrogens with one attached hydrogen (secondary N) is 1. The second-order valence-electron chi connectivity index (χ2n) is 4.71. The number of rotatable bonds is 6. The van der Waals surface area contributed by atoms with Gasteiger partial charge in [0.2, 0.25) is 0 Å². The molecule has 0 spiro atoms. The minimum atomic E-state index is 0.100. The fourth-order valence-corrected chi connectivity index (χ4v) is 2.35. The molecule has 3 heteroatoms. The van der Waals surface area contributed by atoms with Crippen LogP contribution in [0.1, 0.15) is 45.4 Å². The van der Waals surface area contributed by atoms with E-state index in [2.05, 4.69) is 18.3 Å². The lowest BCUT2D eigenvalue weighted by Gasteiger charge is -2.28. The summed E-state index contributed by atoms with van der Waals surface area (Å²) in [6.07, 6.45) is 6.26. The van der Waals surface area contributed by atoms with Crippen LogP contribution in [0.5, 0.6) is 0 Å². The van der Waals surface area contributed by atoms with Crippen molar-refractivity contribution in [1.82, 2.24) is 5.32 Å². The standard InChI is InChI=1S/C12H22N2O/c1-2-11(5-8-13)14-9-12(10-15)6-3-4-7-12/h11,14-15H,2-7,9-10H2,1H3. The van der Waals surface area contributed by atoms with E-state index in [1.165, 1.54) is 12.8 Å². The monoisotopic (exact) mass is 210 g/mol. The van der Waals surface area contributed by atoms with Crippen LogP contribution in [-0.4, -0.2) is 24.3 Å². The van der Waals surface area contributed by atoms with Crippen molar-refractivity contribution < 1.29 is 5.11 Å². The molecule has 0 aromatic carbocycles. The molecule has 1 saturated carbocycles. The van der Waals surface area contributed by atoms with Gasteiger partial charge >= 0.3 is 0 Å². The van der Waals surface area contributed by atoms with Crippen molar-refractivity contribution in [2.24, 2.45) is 5.41 Å². The van der Waals surface area contributed by atoms with Crippen molar-refractivity contribution in [1.29, 1.82) is 5.26 Å². The van der Waals surface area contributed by atoms with E-state index in [4.69, 9.17) is 5.26 Å². The quantitative estimate of drug-likeness (QED) is 0.703. The lowest BCUT2D eigenvalue weighted by atomic mass is 9.87. The minimum Gasteiger partial charge on any atom is -0.396 e. The van der Waals surface area contributed by atoms with Gasteiger partial charge in [-0.2, -0.15) is 5.26 Å². The molecule has 0 heterocycles. The number of nitriles is 1. The highest BCUT2D eigenvalue weighted by Crippen LogP contribution is 2.37. The number of hydrogen-bond acceptors (Lipinski definition) is 3. The van der Waals surface area contributed by atoms with Crippen LogP contribution in [0, 0.1) is 16.7 Å². The van der Waals surface area contributed by atoms with Crippen molar-refractivity contribution in [3.05, 3.63) is 0 Å². The van der Waals surface area contributed by atoms with Gasteiger partial charge in [-0.15, -0.1) is 0 Å². The van der Waals surface area contributed by atoms with E-state index < -0.39 is 0 Å². The molecule has 0 aliphatic heterocycles. The minimum absolute atomic E-state index is 0.100. The Morgan fingerprint density at radius 2 is 2.13 bits per heavy atom. The van der Waals surface area contributed by atoms with Crippen molar-refractivity contribution >= 4 is 0 Å². The molecule has 1 aliphatic carbocycles. The first-order valence-electron chi connectivity index (χ1n) is 5.97. The predicted molar refractivity (Wildman–Crippen MR) is 60.3 cm³/mol. The molecule has 0 bridgehead atoms. The summed E-state index contributed by atoms with van der Waals surface area (Å²) in [5.74, 6) is 0. The second kappa shape index (κ2) is 6.09. The van der Waals surface area contributed by atoms with E-state index in [0.29, 0.717) is 12.5 Å².